The van der Waals surface area contributed by atoms with E-state index in [2.05, 4.69) is 4.98 Å². The third-order valence-electron chi connectivity index (χ3n) is 3.37. The molecule has 1 aromatic heterocycles. The second-order valence-electron chi connectivity index (χ2n) is 5.25. The van der Waals surface area contributed by atoms with Crippen LogP contribution in [-0.4, -0.2) is 34.2 Å². The molecule has 0 saturated carbocycles. The number of hydrogen-bond acceptors (Lipinski definition) is 5. The Hall–Kier alpha value is -1.44. The lowest BCUT2D eigenvalue weighted by Gasteiger charge is -2.36. The fourth-order valence-electron chi connectivity index (χ4n) is 2.48. The van der Waals surface area contributed by atoms with Crippen molar-refractivity contribution in [1.29, 1.82) is 0 Å². The molecule has 0 aliphatic carbocycles. The summed E-state index contributed by atoms with van der Waals surface area (Å²) in [4.78, 5) is 25.0. The molecular weight excluding hydrogens is 252 g/mol. The zero-order valence-corrected chi connectivity index (χ0v) is 10.8. The number of ether oxygens (including phenoxy) is 3. The first kappa shape index (κ1) is 12.6. The van der Waals surface area contributed by atoms with Gasteiger partial charge in [-0.25, -0.2) is 4.79 Å². The molecule has 1 N–H and O–H groups in total. The van der Waals surface area contributed by atoms with Gasteiger partial charge in [0.05, 0.1) is 12.7 Å². The molecule has 0 unspecified atom stereocenters. The van der Waals surface area contributed by atoms with Crippen LogP contribution in [0.4, 0.5) is 0 Å². The van der Waals surface area contributed by atoms with Crippen molar-refractivity contribution in [2.24, 2.45) is 0 Å². The van der Waals surface area contributed by atoms with Gasteiger partial charge >= 0.3 is 5.69 Å². The first-order valence-corrected chi connectivity index (χ1v) is 6.23. The molecule has 2 aliphatic rings. The van der Waals surface area contributed by atoms with Gasteiger partial charge < -0.3 is 14.2 Å². The predicted octanol–water partition coefficient (Wildman–Crippen LogP) is -0.0244. The van der Waals surface area contributed by atoms with Gasteiger partial charge in [0, 0.05) is 18.7 Å². The maximum absolute atomic E-state index is 11.7. The lowest BCUT2D eigenvalue weighted by atomic mass is 10.1. The van der Waals surface area contributed by atoms with Gasteiger partial charge in [-0.15, -0.1) is 0 Å². The topological polar surface area (TPSA) is 82.5 Å². The molecular formula is C12H16N2O5. The minimum Gasteiger partial charge on any atom is -0.349 e. The average Bonchev–Trinajstić information content (AvgIpc) is 2.69. The number of aromatic amines is 1. The Morgan fingerprint density at radius 2 is 2.16 bits per heavy atom. The Kier molecular flexibility index (Phi) is 2.84. The van der Waals surface area contributed by atoms with Gasteiger partial charge in [0.2, 0.25) is 0 Å². The standard InChI is InChI=1S/C12H16N2O5/c1-12(2)17-6-8-7(19-12)5-10(18-8)14-4-3-9(15)13-11(14)16/h3-4,7-8,10H,5-6H2,1-2H3,(H,13,15,16)/t7-,8-,10+/m1/s1. The summed E-state index contributed by atoms with van der Waals surface area (Å²) in [6.07, 6.45) is 1.28. The van der Waals surface area contributed by atoms with Crippen molar-refractivity contribution in [3.05, 3.63) is 33.1 Å². The number of H-pyrrole nitrogens is 1. The van der Waals surface area contributed by atoms with E-state index in [0.717, 1.165) is 0 Å². The zero-order valence-electron chi connectivity index (χ0n) is 10.8. The molecule has 19 heavy (non-hydrogen) atoms. The summed E-state index contributed by atoms with van der Waals surface area (Å²) in [7, 11) is 0. The largest absolute Gasteiger partial charge is 0.349 e. The normalized spacial score (nSPS) is 33.1. The first-order chi connectivity index (χ1) is 8.94. The van der Waals surface area contributed by atoms with E-state index >= 15 is 0 Å². The molecule has 2 fully saturated rings. The van der Waals surface area contributed by atoms with Crippen LogP contribution in [0.15, 0.2) is 21.9 Å². The Balaban J connectivity index is 1.82. The highest BCUT2D eigenvalue weighted by atomic mass is 16.7. The van der Waals surface area contributed by atoms with Crippen LogP contribution in [0.2, 0.25) is 0 Å². The Labute approximate surface area is 109 Å². The van der Waals surface area contributed by atoms with E-state index in [-0.39, 0.29) is 12.2 Å². The minimum atomic E-state index is -0.630. The smallest absolute Gasteiger partial charge is 0.330 e. The molecule has 0 spiro atoms. The van der Waals surface area contributed by atoms with Crippen molar-refractivity contribution >= 4 is 0 Å². The molecule has 3 heterocycles. The lowest BCUT2D eigenvalue weighted by Crippen LogP contribution is -2.46. The van der Waals surface area contributed by atoms with Crippen LogP contribution in [0.3, 0.4) is 0 Å². The molecule has 2 saturated heterocycles. The van der Waals surface area contributed by atoms with Crippen molar-refractivity contribution in [3.63, 3.8) is 0 Å². The second kappa shape index (κ2) is 4.29. The van der Waals surface area contributed by atoms with E-state index < -0.39 is 23.3 Å². The molecule has 2 aliphatic heterocycles. The van der Waals surface area contributed by atoms with E-state index in [9.17, 15) is 9.59 Å². The lowest BCUT2D eigenvalue weighted by molar-refractivity contribution is -0.293. The molecule has 3 rings (SSSR count). The van der Waals surface area contributed by atoms with Crippen molar-refractivity contribution < 1.29 is 14.2 Å². The number of hydrogen-bond donors (Lipinski definition) is 1. The molecule has 1 aromatic rings. The molecule has 3 atom stereocenters. The zero-order chi connectivity index (χ0) is 13.6. The monoisotopic (exact) mass is 268 g/mol. The van der Waals surface area contributed by atoms with Crippen LogP contribution in [0.5, 0.6) is 0 Å². The molecule has 104 valence electrons. The van der Waals surface area contributed by atoms with E-state index in [0.29, 0.717) is 13.0 Å². The van der Waals surface area contributed by atoms with Crippen LogP contribution >= 0.6 is 0 Å². The maximum atomic E-state index is 11.7. The van der Waals surface area contributed by atoms with E-state index in [4.69, 9.17) is 14.2 Å². The van der Waals surface area contributed by atoms with Crippen molar-refractivity contribution in [2.75, 3.05) is 6.61 Å². The third-order valence-corrected chi connectivity index (χ3v) is 3.37. The van der Waals surface area contributed by atoms with Gasteiger partial charge in [0.25, 0.3) is 5.56 Å². The SMILES string of the molecule is CC1(C)OC[C@H]2O[C@H](n3ccc(=O)[nH]c3=O)C[C@H]2O1. The number of nitrogens with zero attached hydrogens (tertiary/aromatic N) is 1. The van der Waals surface area contributed by atoms with Gasteiger partial charge in [0.15, 0.2) is 5.79 Å². The van der Waals surface area contributed by atoms with Crippen LogP contribution in [0.25, 0.3) is 0 Å². The van der Waals surface area contributed by atoms with Crippen LogP contribution in [0, 0.1) is 0 Å². The quantitative estimate of drug-likeness (QED) is 0.773. The van der Waals surface area contributed by atoms with Gasteiger partial charge in [-0.05, 0) is 13.8 Å². The highest BCUT2D eigenvalue weighted by molar-refractivity contribution is 4.90. The average molecular weight is 268 g/mol. The number of nitrogens with one attached hydrogen (secondary N) is 1. The Morgan fingerprint density at radius 3 is 2.89 bits per heavy atom. The highest BCUT2D eigenvalue weighted by Crippen LogP contribution is 2.36. The summed E-state index contributed by atoms with van der Waals surface area (Å²) in [6.45, 7) is 4.14. The predicted molar refractivity (Wildman–Crippen MR) is 64.8 cm³/mol. The van der Waals surface area contributed by atoms with Crippen molar-refractivity contribution in [1.82, 2.24) is 9.55 Å². The molecule has 0 bridgehead atoms. The Morgan fingerprint density at radius 1 is 1.37 bits per heavy atom. The minimum absolute atomic E-state index is 0.104. The van der Waals surface area contributed by atoms with Crippen LogP contribution in [0.1, 0.15) is 26.5 Å². The van der Waals surface area contributed by atoms with Gasteiger partial charge in [-0.1, -0.05) is 0 Å². The van der Waals surface area contributed by atoms with Crippen molar-refractivity contribution in [2.45, 2.75) is 44.5 Å². The van der Waals surface area contributed by atoms with Gasteiger partial charge in [0.1, 0.15) is 12.3 Å². The highest BCUT2D eigenvalue weighted by Gasteiger charge is 2.44. The summed E-state index contributed by atoms with van der Waals surface area (Å²) < 4.78 is 18.4. The molecule has 7 nitrogen and oxygen atoms in total. The molecule has 0 amide bonds. The third kappa shape index (κ3) is 2.36. The number of rotatable bonds is 1. The summed E-state index contributed by atoms with van der Waals surface area (Å²) >= 11 is 0. The number of aromatic nitrogens is 2. The summed E-state index contributed by atoms with van der Waals surface area (Å²) in [5.74, 6) is -0.630. The molecule has 0 radical (unpaired) electrons. The van der Waals surface area contributed by atoms with Crippen LogP contribution < -0.4 is 11.2 Å². The van der Waals surface area contributed by atoms with E-state index in [1.54, 1.807) is 0 Å². The summed E-state index contributed by atoms with van der Waals surface area (Å²) in [5.41, 5.74) is -0.895. The summed E-state index contributed by atoms with van der Waals surface area (Å²) in [5, 5.41) is 0. The fourth-order valence-corrected chi connectivity index (χ4v) is 2.48. The summed E-state index contributed by atoms with van der Waals surface area (Å²) in [6, 6.07) is 1.30. The van der Waals surface area contributed by atoms with Crippen LogP contribution in [-0.2, 0) is 14.2 Å². The second-order valence-corrected chi connectivity index (χ2v) is 5.25. The number of fused-ring (bicyclic) bond motifs is 1. The van der Waals surface area contributed by atoms with E-state index in [1.807, 2.05) is 13.8 Å². The molecule has 7 heteroatoms. The van der Waals surface area contributed by atoms with Gasteiger partial charge in [-0.3, -0.25) is 14.3 Å². The Bertz CT molecular complexity index is 590. The van der Waals surface area contributed by atoms with Crippen molar-refractivity contribution in [3.8, 4) is 0 Å². The molecule has 0 aromatic carbocycles. The van der Waals surface area contributed by atoms with Gasteiger partial charge in [-0.2, -0.15) is 0 Å². The first-order valence-electron chi connectivity index (χ1n) is 6.23. The maximum Gasteiger partial charge on any atom is 0.330 e. The van der Waals surface area contributed by atoms with E-state index in [1.165, 1.54) is 16.8 Å². The fraction of sp³-hybridized carbons (Fsp3) is 0.667.